The van der Waals surface area contributed by atoms with Gasteiger partial charge >= 0.3 is 0 Å². The predicted octanol–water partition coefficient (Wildman–Crippen LogP) is 4.62. The van der Waals surface area contributed by atoms with Gasteiger partial charge in [-0.3, -0.25) is 9.59 Å². The minimum absolute atomic E-state index is 0.160. The molecule has 0 aromatic heterocycles. The molecule has 6 heteroatoms. The fourth-order valence-electron chi connectivity index (χ4n) is 2.88. The third-order valence-electron chi connectivity index (χ3n) is 4.40. The lowest BCUT2D eigenvalue weighted by molar-refractivity contribution is -0.118. The number of hydrogen-bond donors (Lipinski definition) is 1. The van der Waals surface area contributed by atoms with Gasteiger partial charge in [-0.25, -0.2) is 0 Å². The Balaban J connectivity index is 1.64. The van der Waals surface area contributed by atoms with Crippen molar-refractivity contribution in [3.05, 3.63) is 90.0 Å². The van der Waals surface area contributed by atoms with Crippen LogP contribution in [0.1, 0.15) is 15.9 Å². The van der Waals surface area contributed by atoms with Crippen LogP contribution in [0.3, 0.4) is 0 Å². The fourth-order valence-corrected chi connectivity index (χ4v) is 2.88. The molecule has 0 saturated carbocycles. The number of ketones is 1. The molecule has 0 aliphatic rings. The van der Waals surface area contributed by atoms with Crippen LogP contribution in [0.25, 0.3) is 6.08 Å². The molecule has 31 heavy (non-hydrogen) atoms. The van der Waals surface area contributed by atoms with E-state index in [-0.39, 0.29) is 18.3 Å². The highest BCUT2D eigenvalue weighted by molar-refractivity contribution is 6.08. The molecular weight excluding hydrogens is 394 g/mol. The van der Waals surface area contributed by atoms with Gasteiger partial charge < -0.3 is 19.5 Å². The molecule has 0 saturated heterocycles. The van der Waals surface area contributed by atoms with Crippen molar-refractivity contribution in [1.29, 1.82) is 0 Å². The Bertz CT molecular complexity index is 1080. The smallest absolute Gasteiger partial charge is 0.262 e. The molecular formula is C25H23NO5. The number of amides is 1. The molecule has 3 aromatic rings. The molecule has 6 nitrogen and oxygen atoms in total. The van der Waals surface area contributed by atoms with E-state index in [4.69, 9.17) is 14.2 Å². The van der Waals surface area contributed by atoms with E-state index < -0.39 is 0 Å². The van der Waals surface area contributed by atoms with Crippen LogP contribution in [0.4, 0.5) is 5.69 Å². The van der Waals surface area contributed by atoms with Crippen LogP contribution in [-0.4, -0.2) is 32.5 Å². The molecule has 0 aliphatic carbocycles. The maximum absolute atomic E-state index is 12.5. The number of ether oxygens (including phenoxy) is 3. The molecule has 0 fully saturated rings. The lowest BCUT2D eigenvalue weighted by Gasteiger charge is -2.11. The number of para-hydroxylation sites is 2. The first-order valence-corrected chi connectivity index (χ1v) is 9.62. The second-order valence-electron chi connectivity index (χ2n) is 6.51. The summed E-state index contributed by atoms with van der Waals surface area (Å²) in [5, 5.41) is 2.76. The molecule has 0 heterocycles. The Kier molecular flexibility index (Phi) is 7.43. The average molecular weight is 417 g/mol. The summed E-state index contributed by atoms with van der Waals surface area (Å²) in [5.41, 5.74) is 1.93. The van der Waals surface area contributed by atoms with Crippen molar-refractivity contribution in [1.82, 2.24) is 0 Å². The van der Waals surface area contributed by atoms with E-state index in [0.717, 1.165) is 5.56 Å². The van der Waals surface area contributed by atoms with Crippen molar-refractivity contribution in [3.8, 4) is 17.2 Å². The van der Waals surface area contributed by atoms with E-state index in [0.29, 0.717) is 28.5 Å². The summed E-state index contributed by atoms with van der Waals surface area (Å²) >= 11 is 0. The van der Waals surface area contributed by atoms with Gasteiger partial charge in [0.2, 0.25) is 0 Å². The Labute approximate surface area is 181 Å². The van der Waals surface area contributed by atoms with Gasteiger partial charge in [-0.05, 0) is 48.0 Å². The van der Waals surface area contributed by atoms with Crippen LogP contribution in [-0.2, 0) is 4.79 Å². The number of nitrogens with one attached hydrogen (secondary N) is 1. The summed E-state index contributed by atoms with van der Waals surface area (Å²) in [6, 6.07) is 21.4. The minimum atomic E-state index is -0.278. The number of benzene rings is 3. The third-order valence-corrected chi connectivity index (χ3v) is 4.40. The molecule has 0 spiro atoms. The molecule has 3 aromatic carbocycles. The molecule has 1 amide bonds. The van der Waals surface area contributed by atoms with Crippen LogP contribution in [0, 0.1) is 0 Å². The summed E-state index contributed by atoms with van der Waals surface area (Å²) in [4.78, 5) is 24.6. The Morgan fingerprint density at radius 1 is 0.839 bits per heavy atom. The summed E-state index contributed by atoms with van der Waals surface area (Å²) < 4.78 is 16.2. The van der Waals surface area contributed by atoms with Crippen LogP contribution in [0.15, 0.2) is 78.9 Å². The van der Waals surface area contributed by atoms with Crippen molar-refractivity contribution in [2.75, 3.05) is 26.1 Å². The zero-order valence-corrected chi connectivity index (χ0v) is 17.3. The van der Waals surface area contributed by atoms with Gasteiger partial charge in [0.1, 0.15) is 5.75 Å². The molecule has 0 bridgehead atoms. The van der Waals surface area contributed by atoms with Crippen molar-refractivity contribution in [2.24, 2.45) is 0 Å². The molecule has 0 radical (unpaired) electrons. The normalized spacial score (nSPS) is 10.5. The van der Waals surface area contributed by atoms with Crippen molar-refractivity contribution >= 4 is 23.5 Å². The van der Waals surface area contributed by atoms with Crippen molar-refractivity contribution < 1.29 is 23.8 Å². The Morgan fingerprint density at radius 3 is 2.29 bits per heavy atom. The first-order valence-electron chi connectivity index (χ1n) is 9.62. The van der Waals surface area contributed by atoms with E-state index >= 15 is 0 Å². The fraction of sp³-hybridized carbons (Fsp3) is 0.120. The summed E-state index contributed by atoms with van der Waals surface area (Å²) in [7, 11) is 3.04. The largest absolute Gasteiger partial charge is 0.496 e. The molecule has 158 valence electrons. The van der Waals surface area contributed by atoms with Gasteiger partial charge in [-0.15, -0.1) is 0 Å². The lowest BCUT2D eigenvalue weighted by Crippen LogP contribution is -2.20. The Morgan fingerprint density at radius 2 is 1.55 bits per heavy atom. The van der Waals surface area contributed by atoms with Gasteiger partial charge in [0.05, 0.1) is 19.8 Å². The predicted molar refractivity (Wildman–Crippen MR) is 120 cm³/mol. The number of methoxy groups -OCH3 is 2. The van der Waals surface area contributed by atoms with Gasteiger partial charge in [-0.1, -0.05) is 42.5 Å². The SMILES string of the molecule is COc1cc(/C=C/C(=O)c2ccccc2OC)ccc1OCC(=O)Nc1ccccc1. The summed E-state index contributed by atoms with van der Waals surface area (Å²) in [5.74, 6) is 0.958. The van der Waals surface area contributed by atoms with Crippen LogP contribution in [0.5, 0.6) is 17.2 Å². The molecule has 0 aliphatic heterocycles. The van der Waals surface area contributed by atoms with Crippen LogP contribution < -0.4 is 19.5 Å². The zero-order chi connectivity index (χ0) is 22.1. The number of carbonyl (C=O) groups excluding carboxylic acids is 2. The van der Waals surface area contributed by atoms with Crippen molar-refractivity contribution in [2.45, 2.75) is 0 Å². The number of rotatable bonds is 9. The van der Waals surface area contributed by atoms with Gasteiger partial charge in [0.25, 0.3) is 5.91 Å². The van der Waals surface area contributed by atoms with Crippen molar-refractivity contribution in [3.63, 3.8) is 0 Å². The highest BCUT2D eigenvalue weighted by Gasteiger charge is 2.10. The maximum atomic E-state index is 12.5. The summed E-state index contributed by atoms with van der Waals surface area (Å²) in [6.07, 6.45) is 3.16. The first-order chi connectivity index (χ1) is 15.1. The molecule has 0 atom stereocenters. The van der Waals surface area contributed by atoms with E-state index in [1.165, 1.54) is 20.3 Å². The van der Waals surface area contributed by atoms with E-state index in [1.807, 2.05) is 24.3 Å². The zero-order valence-electron chi connectivity index (χ0n) is 17.3. The number of carbonyl (C=O) groups is 2. The molecule has 0 unspecified atom stereocenters. The third kappa shape index (κ3) is 5.96. The number of hydrogen-bond acceptors (Lipinski definition) is 5. The summed E-state index contributed by atoms with van der Waals surface area (Å²) in [6.45, 7) is -0.160. The van der Waals surface area contributed by atoms with E-state index in [2.05, 4.69) is 5.32 Å². The van der Waals surface area contributed by atoms with E-state index in [9.17, 15) is 9.59 Å². The standard InChI is InChI=1S/C25H23NO5/c1-29-22-11-7-6-10-20(22)21(27)14-12-18-13-15-23(24(16-18)30-2)31-17-25(28)26-19-8-4-3-5-9-19/h3-16H,17H2,1-2H3,(H,26,28)/b14-12+. The highest BCUT2D eigenvalue weighted by Crippen LogP contribution is 2.29. The van der Waals surface area contributed by atoms with E-state index in [1.54, 1.807) is 54.6 Å². The Hall–Kier alpha value is -4.06. The second-order valence-corrected chi connectivity index (χ2v) is 6.51. The number of anilines is 1. The second kappa shape index (κ2) is 10.6. The number of allylic oxidation sites excluding steroid dienone is 1. The maximum Gasteiger partial charge on any atom is 0.262 e. The minimum Gasteiger partial charge on any atom is -0.496 e. The van der Waals surface area contributed by atoms with Crippen LogP contribution >= 0.6 is 0 Å². The van der Waals surface area contributed by atoms with Crippen LogP contribution in [0.2, 0.25) is 0 Å². The highest BCUT2D eigenvalue weighted by atomic mass is 16.5. The van der Waals surface area contributed by atoms with Gasteiger partial charge in [-0.2, -0.15) is 0 Å². The quantitative estimate of drug-likeness (QED) is 0.406. The average Bonchev–Trinajstić information content (AvgIpc) is 2.82. The lowest BCUT2D eigenvalue weighted by atomic mass is 10.1. The first kappa shape index (κ1) is 21.6. The topological polar surface area (TPSA) is 73.9 Å². The molecule has 3 rings (SSSR count). The van der Waals surface area contributed by atoms with Gasteiger partial charge in [0, 0.05) is 5.69 Å². The van der Waals surface area contributed by atoms with Gasteiger partial charge in [0.15, 0.2) is 23.9 Å². The monoisotopic (exact) mass is 417 g/mol. The molecule has 1 N–H and O–H groups in total.